The average Bonchev–Trinajstić information content (AvgIpc) is 3.01. The van der Waals surface area contributed by atoms with Gasteiger partial charge < -0.3 is 18.0 Å². The van der Waals surface area contributed by atoms with Crippen LogP contribution in [0.2, 0.25) is 6.04 Å². The minimum absolute atomic E-state index is 0.573. The van der Waals surface area contributed by atoms with E-state index in [1.807, 2.05) is 0 Å². The first-order chi connectivity index (χ1) is 7.74. The first kappa shape index (κ1) is 12.5. The summed E-state index contributed by atoms with van der Waals surface area (Å²) in [6.45, 7) is 0. The summed E-state index contributed by atoms with van der Waals surface area (Å²) in [5.74, 6) is 0.766. The van der Waals surface area contributed by atoms with E-state index < -0.39 is 8.80 Å². The minimum Gasteiger partial charge on any atom is -0.377 e. The Kier molecular flexibility index (Phi) is 4.02. The van der Waals surface area contributed by atoms with E-state index in [1.165, 1.54) is 19.3 Å². The Hall–Kier alpha value is 0.0569. The second kappa shape index (κ2) is 5.14. The number of fused-ring (bicyclic) bond motifs is 1. The molecule has 1 aliphatic heterocycles. The molecule has 0 bridgehead atoms. The molecule has 3 unspecified atom stereocenters. The topological polar surface area (TPSA) is 40.2 Å². The zero-order valence-corrected chi connectivity index (χ0v) is 11.4. The fraction of sp³-hybridized carbons (Fsp3) is 1.00. The molecule has 0 amide bonds. The van der Waals surface area contributed by atoms with Gasteiger partial charge in [0.15, 0.2) is 0 Å². The molecular weight excluding hydrogens is 224 g/mol. The van der Waals surface area contributed by atoms with Gasteiger partial charge in [-0.25, -0.2) is 0 Å². The van der Waals surface area contributed by atoms with Crippen molar-refractivity contribution in [1.82, 2.24) is 0 Å². The third-order valence-corrected chi connectivity index (χ3v) is 6.73. The van der Waals surface area contributed by atoms with Crippen molar-refractivity contribution in [3.8, 4) is 0 Å². The number of ether oxygens (including phenoxy) is 1. The van der Waals surface area contributed by atoms with Gasteiger partial charge in [-0.15, -0.1) is 0 Å². The summed E-state index contributed by atoms with van der Waals surface area (Å²) in [7, 11) is 2.69. The van der Waals surface area contributed by atoms with Crippen molar-refractivity contribution in [1.29, 1.82) is 0 Å². The second-order valence-electron chi connectivity index (χ2n) is 4.66. The maximum Gasteiger partial charge on any atom is 0.500 e. The van der Waals surface area contributed by atoms with Gasteiger partial charge in [-0.3, -0.25) is 0 Å². The Balaban J connectivity index is 1.69. The highest BCUT2D eigenvalue weighted by Crippen LogP contribution is 2.45. The Morgan fingerprint density at radius 2 is 1.81 bits per heavy atom. The third kappa shape index (κ3) is 2.48. The molecule has 5 heteroatoms. The van der Waals surface area contributed by atoms with Gasteiger partial charge in [0.2, 0.25) is 0 Å². The molecule has 2 rings (SSSR count). The molecule has 1 heterocycles. The molecule has 4 nitrogen and oxygen atoms in total. The van der Waals surface area contributed by atoms with Crippen molar-refractivity contribution in [2.75, 3.05) is 21.3 Å². The Morgan fingerprint density at radius 1 is 1.12 bits per heavy atom. The molecule has 94 valence electrons. The number of hydrogen-bond donors (Lipinski definition) is 0. The summed E-state index contributed by atoms with van der Waals surface area (Å²) < 4.78 is 21.7. The predicted octanol–water partition coefficient (Wildman–Crippen LogP) is 1.82. The number of hydrogen-bond acceptors (Lipinski definition) is 4. The molecule has 2 aliphatic rings. The van der Waals surface area contributed by atoms with Crippen LogP contribution >= 0.6 is 0 Å². The summed E-state index contributed by atoms with van der Waals surface area (Å²) in [6.07, 6.45) is 6.08. The van der Waals surface area contributed by atoms with Crippen molar-refractivity contribution in [2.24, 2.45) is 5.92 Å². The van der Waals surface area contributed by atoms with Crippen molar-refractivity contribution in [3.63, 3.8) is 0 Å². The van der Waals surface area contributed by atoms with Crippen LogP contribution in [0.25, 0.3) is 0 Å². The van der Waals surface area contributed by atoms with Crippen LogP contribution in [0, 0.1) is 5.92 Å². The Labute approximate surface area is 98.6 Å². The SMILES string of the molecule is CO[Si](CCCC1CCC2OC12)(OC)OC. The molecule has 0 radical (unpaired) electrons. The summed E-state index contributed by atoms with van der Waals surface area (Å²) in [4.78, 5) is 0. The van der Waals surface area contributed by atoms with Gasteiger partial charge in [-0.05, 0) is 31.6 Å². The lowest BCUT2D eigenvalue weighted by Gasteiger charge is -2.24. The summed E-state index contributed by atoms with van der Waals surface area (Å²) in [6, 6.07) is 0.907. The van der Waals surface area contributed by atoms with Crippen LogP contribution in [-0.4, -0.2) is 42.3 Å². The molecular formula is C11H22O4Si. The molecule has 0 aromatic heterocycles. The van der Waals surface area contributed by atoms with Crippen molar-refractivity contribution in [2.45, 2.75) is 43.9 Å². The van der Waals surface area contributed by atoms with E-state index in [0.29, 0.717) is 12.2 Å². The highest BCUT2D eigenvalue weighted by atomic mass is 28.4. The molecule has 1 saturated heterocycles. The highest BCUT2D eigenvalue weighted by molar-refractivity contribution is 6.60. The molecule has 0 aromatic rings. The molecule has 0 aromatic carbocycles. The van der Waals surface area contributed by atoms with E-state index in [1.54, 1.807) is 21.3 Å². The van der Waals surface area contributed by atoms with Crippen LogP contribution in [0.3, 0.4) is 0 Å². The van der Waals surface area contributed by atoms with Crippen molar-refractivity contribution >= 4 is 8.80 Å². The van der Waals surface area contributed by atoms with E-state index in [0.717, 1.165) is 18.4 Å². The largest absolute Gasteiger partial charge is 0.500 e. The maximum absolute atomic E-state index is 5.54. The van der Waals surface area contributed by atoms with Gasteiger partial charge >= 0.3 is 8.80 Å². The summed E-state index contributed by atoms with van der Waals surface area (Å²) >= 11 is 0. The molecule has 16 heavy (non-hydrogen) atoms. The Bertz CT molecular complexity index is 224. The highest BCUT2D eigenvalue weighted by Gasteiger charge is 2.49. The number of epoxide rings is 1. The third-order valence-electron chi connectivity index (χ3n) is 3.90. The number of rotatable bonds is 7. The molecule has 3 atom stereocenters. The average molecular weight is 246 g/mol. The van der Waals surface area contributed by atoms with Gasteiger partial charge in [0.25, 0.3) is 0 Å². The van der Waals surface area contributed by atoms with Crippen LogP contribution in [0.15, 0.2) is 0 Å². The molecule has 1 aliphatic carbocycles. The Morgan fingerprint density at radius 3 is 2.25 bits per heavy atom. The van der Waals surface area contributed by atoms with E-state index in [9.17, 15) is 0 Å². The van der Waals surface area contributed by atoms with Gasteiger partial charge in [-0.2, -0.15) is 0 Å². The van der Waals surface area contributed by atoms with Crippen LogP contribution < -0.4 is 0 Å². The lowest BCUT2D eigenvalue weighted by molar-refractivity contribution is 0.122. The van der Waals surface area contributed by atoms with Gasteiger partial charge in [0.05, 0.1) is 12.2 Å². The molecule has 1 saturated carbocycles. The fourth-order valence-electron chi connectivity index (χ4n) is 2.79. The van der Waals surface area contributed by atoms with Crippen LogP contribution in [0.4, 0.5) is 0 Å². The molecule has 0 N–H and O–H groups in total. The predicted molar refractivity (Wildman–Crippen MR) is 62.2 cm³/mol. The lowest BCUT2D eigenvalue weighted by Crippen LogP contribution is -2.42. The standard InChI is InChI=1S/C11H22O4Si/c1-12-16(13-2,14-3)8-4-5-9-6-7-10-11(9)15-10/h9-11H,4-8H2,1-3H3. The fourth-order valence-corrected chi connectivity index (χ4v) is 4.54. The zero-order valence-electron chi connectivity index (χ0n) is 10.4. The van der Waals surface area contributed by atoms with E-state index in [2.05, 4.69) is 0 Å². The monoisotopic (exact) mass is 246 g/mol. The van der Waals surface area contributed by atoms with Gasteiger partial charge in [0, 0.05) is 27.4 Å². The van der Waals surface area contributed by atoms with Crippen molar-refractivity contribution in [3.05, 3.63) is 0 Å². The zero-order chi connectivity index (χ0) is 11.6. The molecule has 2 fully saturated rings. The molecule has 0 spiro atoms. The van der Waals surface area contributed by atoms with Gasteiger partial charge in [0.1, 0.15) is 0 Å². The summed E-state index contributed by atoms with van der Waals surface area (Å²) in [5.41, 5.74) is 0. The van der Waals surface area contributed by atoms with Crippen LogP contribution in [0.1, 0.15) is 25.7 Å². The van der Waals surface area contributed by atoms with Gasteiger partial charge in [-0.1, -0.05) is 0 Å². The van der Waals surface area contributed by atoms with E-state index in [4.69, 9.17) is 18.0 Å². The quantitative estimate of drug-likeness (QED) is 0.507. The maximum atomic E-state index is 5.54. The minimum atomic E-state index is -2.34. The summed E-state index contributed by atoms with van der Waals surface area (Å²) in [5, 5.41) is 0. The van der Waals surface area contributed by atoms with Crippen LogP contribution in [-0.2, 0) is 18.0 Å². The van der Waals surface area contributed by atoms with Crippen molar-refractivity contribution < 1.29 is 18.0 Å². The normalized spacial score (nSPS) is 32.8. The first-order valence-corrected chi connectivity index (χ1v) is 7.99. The smallest absolute Gasteiger partial charge is 0.377 e. The lowest BCUT2D eigenvalue weighted by atomic mass is 10.0. The van der Waals surface area contributed by atoms with Crippen LogP contribution in [0.5, 0.6) is 0 Å². The first-order valence-electron chi connectivity index (χ1n) is 6.05. The second-order valence-corrected chi connectivity index (χ2v) is 7.75. The van der Waals surface area contributed by atoms with E-state index in [-0.39, 0.29) is 0 Å². The van der Waals surface area contributed by atoms with E-state index >= 15 is 0 Å².